The Bertz CT molecular complexity index is 467. The van der Waals surface area contributed by atoms with Gasteiger partial charge in [-0.3, -0.25) is 5.32 Å². The van der Waals surface area contributed by atoms with Crippen molar-refractivity contribution in [3.63, 3.8) is 0 Å². The maximum atomic E-state index is 13.0. The Morgan fingerprint density at radius 1 is 1.65 bits per heavy atom. The maximum Gasteiger partial charge on any atom is 0.321 e. The fourth-order valence-corrected chi connectivity index (χ4v) is 2.86. The first-order valence-electron chi connectivity index (χ1n) is 6.41. The predicted octanol–water partition coefficient (Wildman–Crippen LogP) is 3.10. The Morgan fingerprint density at radius 3 is 3.05 bits per heavy atom. The summed E-state index contributed by atoms with van der Waals surface area (Å²) in [6.07, 6.45) is 2.51. The van der Waals surface area contributed by atoms with Crippen molar-refractivity contribution < 1.29 is 18.3 Å². The van der Waals surface area contributed by atoms with Crippen molar-refractivity contribution >= 4 is 22.5 Å². The van der Waals surface area contributed by atoms with Gasteiger partial charge in [-0.15, -0.1) is 0 Å². The van der Waals surface area contributed by atoms with E-state index in [0.717, 1.165) is 0 Å². The van der Waals surface area contributed by atoms with Crippen molar-refractivity contribution in [2.45, 2.75) is 31.6 Å². The van der Waals surface area contributed by atoms with E-state index in [1.54, 1.807) is 0 Å². The topological polar surface area (TPSA) is 63.2 Å². The van der Waals surface area contributed by atoms with Gasteiger partial charge in [0.15, 0.2) is 10.2 Å². The monoisotopic (exact) mass is 305 g/mol. The molecule has 0 bridgehead atoms. The number of hydrogen-bond donors (Lipinski definition) is 2. The van der Waals surface area contributed by atoms with Crippen LogP contribution >= 0.6 is 11.3 Å². The number of methoxy groups -OCH3 is 1. The van der Waals surface area contributed by atoms with Gasteiger partial charge >= 0.3 is 6.03 Å². The molecule has 1 aromatic rings. The lowest BCUT2D eigenvalue weighted by molar-refractivity contribution is 0.00478. The molecule has 2 amide bonds. The molecule has 1 unspecified atom stereocenters. The minimum absolute atomic E-state index is 0.00902. The van der Waals surface area contributed by atoms with E-state index in [1.165, 1.54) is 24.6 Å². The molecule has 2 rings (SSSR count). The van der Waals surface area contributed by atoms with Crippen LogP contribution in [0.2, 0.25) is 0 Å². The third kappa shape index (κ3) is 4.29. The lowest BCUT2D eigenvalue weighted by atomic mass is 10.0. The molecule has 2 N–H and O–H groups in total. The average Bonchev–Trinajstić information content (AvgIpc) is 2.96. The third-order valence-corrected chi connectivity index (χ3v) is 4.12. The molecule has 1 fully saturated rings. The van der Waals surface area contributed by atoms with Gasteiger partial charge < -0.3 is 10.1 Å². The van der Waals surface area contributed by atoms with Crippen molar-refractivity contribution in [3.05, 3.63) is 6.20 Å². The Labute approximate surface area is 119 Å². The van der Waals surface area contributed by atoms with Gasteiger partial charge in [-0.05, 0) is 18.8 Å². The van der Waals surface area contributed by atoms with Gasteiger partial charge in [-0.25, -0.2) is 18.6 Å². The molecule has 5 nitrogen and oxygen atoms in total. The van der Waals surface area contributed by atoms with Crippen LogP contribution in [0.1, 0.15) is 25.7 Å². The number of nitrogens with one attached hydrogen (secondary N) is 2. The second-order valence-electron chi connectivity index (χ2n) is 4.82. The Morgan fingerprint density at radius 2 is 2.45 bits per heavy atom. The van der Waals surface area contributed by atoms with Crippen LogP contribution in [0.15, 0.2) is 6.20 Å². The summed E-state index contributed by atoms with van der Waals surface area (Å²) >= 11 is 1.22. The zero-order chi connectivity index (χ0) is 14.6. The lowest BCUT2D eigenvalue weighted by Crippen LogP contribution is -2.30. The number of rotatable bonds is 5. The first-order chi connectivity index (χ1) is 9.48. The molecular weight excluding hydrogens is 288 g/mol. The molecule has 1 heterocycles. The number of aromatic nitrogens is 1. The number of anilines is 1. The molecule has 0 radical (unpaired) electrons. The number of halogens is 2. The van der Waals surface area contributed by atoms with Gasteiger partial charge in [-0.2, -0.15) is 0 Å². The van der Waals surface area contributed by atoms with Crippen LogP contribution in [0.3, 0.4) is 0 Å². The van der Waals surface area contributed by atoms with Crippen molar-refractivity contribution in [1.82, 2.24) is 10.3 Å². The van der Waals surface area contributed by atoms with E-state index in [2.05, 4.69) is 15.6 Å². The second kappa shape index (κ2) is 6.34. The summed E-state index contributed by atoms with van der Waals surface area (Å²) in [7, 11) is 1.52. The molecule has 8 heteroatoms. The summed E-state index contributed by atoms with van der Waals surface area (Å²) in [5.74, 6) is -2.53. The SMILES string of the molecule is COc1cnc(NC(=O)NCCC2CCC(F)(F)C2)s1. The molecule has 0 aliphatic heterocycles. The molecule has 1 aliphatic carbocycles. The number of thiazole rings is 1. The standard InChI is InChI=1S/C12H17F2N3O2S/c1-19-9-7-16-11(20-9)17-10(18)15-5-3-8-2-4-12(13,14)6-8/h7-8H,2-6H2,1H3,(H2,15,16,17,18). The van der Waals surface area contributed by atoms with Crippen LogP contribution in [0.4, 0.5) is 18.7 Å². The first kappa shape index (κ1) is 15.0. The number of carbonyl (C=O) groups is 1. The van der Waals surface area contributed by atoms with E-state index in [4.69, 9.17) is 4.74 Å². The van der Waals surface area contributed by atoms with E-state index in [1.807, 2.05) is 0 Å². The van der Waals surface area contributed by atoms with Crippen LogP contribution in [-0.4, -0.2) is 30.6 Å². The highest BCUT2D eigenvalue weighted by Crippen LogP contribution is 2.40. The molecule has 1 aromatic heterocycles. The number of ether oxygens (including phenoxy) is 1. The summed E-state index contributed by atoms with van der Waals surface area (Å²) in [5, 5.41) is 6.25. The van der Waals surface area contributed by atoms with Gasteiger partial charge in [0.1, 0.15) is 0 Å². The van der Waals surface area contributed by atoms with Crippen molar-refractivity contribution in [2.24, 2.45) is 5.92 Å². The molecule has 1 saturated carbocycles. The molecule has 0 saturated heterocycles. The van der Waals surface area contributed by atoms with E-state index in [0.29, 0.717) is 29.6 Å². The van der Waals surface area contributed by atoms with E-state index in [-0.39, 0.29) is 24.8 Å². The molecule has 0 spiro atoms. The van der Waals surface area contributed by atoms with Crippen LogP contribution in [0, 0.1) is 5.92 Å². The van der Waals surface area contributed by atoms with Crippen molar-refractivity contribution in [3.8, 4) is 5.06 Å². The summed E-state index contributed by atoms with van der Waals surface area (Å²) in [5.41, 5.74) is 0. The van der Waals surface area contributed by atoms with Crippen LogP contribution in [-0.2, 0) is 0 Å². The van der Waals surface area contributed by atoms with Crippen LogP contribution in [0.25, 0.3) is 0 Å². The molecule has 1 atom stereocenters. The van der Waals surface area contributed by atoms with Gasteiger partial charge in [0.25, 0.3) is 0 Å². The fourth-order valence-electron chi connectivity index (χ4n) is 2.23. The molecule has 1 aliphatic rings. The predicted molar refractivity (Wildman–Crippen MR) is 72.6 cm³/mol. The molecule has 112 valence electrons. The van der Waals surface area contributed by atoms with E-state index < -0.39 is 5.92 Å². The Balaban J connectivity index is 1.65. The molecular formula is C12H17F2N3O2S. The number of urea groups is 1. The van der Waals surface area contributed by atoms with Gasteiger partial charge in [0.2, 0.25) is 5.92 Å². The Hall–Kier alpha value is -1.44. The van der Waals surface area contributed by atoms with Crippen LogP contribution < -0.4 is 15.4 Å². The minimum Gasteiger partial charge on any atom is -0.486 e. The average molecular weight is 305 g/mol. The zero-order valence-electron chi connectivity index (χ0n) is 11.1. The molecule has 0 aromatic carbocycles. The number of alkyl halides is 2. The maximum absolute atomic E-state index is 13.0. The van der Waals surface area contributed by atoms with Gasteiger partial charge in [0.05, 0.1) is 13.3 Å². The highest BCUT2D eigenvalue weighted by Gasteiger charge is 2.38. The third-order valence-electron chi connectivity index (χ3n) is 3.25. The summed E-state index contributed by atoms with van der Waals surface area (Å²) in [6, 6.07) is -0.383. The smallest absolute Gasteiger partial charge is 0.321 e. The fraction of sp³-hybridized carbons (Fsp3) is 0.667. The van der Waals surface area contributed by atoms with Gasteiger partial charge in [0, 0.05) is 19.4 Å². The number of nitrogens with zero attached hydrogens (tertiary/aromatic N) is 1. The zero-order valence-corrected chi connectivity index (χ0v) is 11.9. The van der Waals surface area contributed by atoms with Crippen molar-refractivity contribution in [1.29, 1.82) is 0 Å². The number of amides is 2. The lowest BCUT2D eigenvalue weighted by Gasteiger charge is -2.11. The van der Waals surface area contributed by atoms with Gasteiger partial charge in [-0.1, -0.05) is 11.3 Å². The highest BCUT2D eigenvalue weighted by molar-refractivity contribution is 7.17. The van der Waals surface area contributed by atoms with E-state index in [9.17, 15) is 13.6 Å². The second-order valence-corrected chi connectivity index (χ2v) is 5.82. The largest absolute Gasteiger partial charge is 0.486 e. The first-order valence-corrected chi connectivity index (χ1v) is 7.23. The summed E-state index contributed by atoms with van der Waals surface area (Å²) in [4.78, 5) is 15.5. The summed E-state index contributed by atoms with van der Waals surface area (Å²) < 4.78 is 30.9. The number of carbonyl (C=O) groups excluding carboxylic acids is 1. The van der Waals surface area contributed by atoms with E-state index >= 15 is 0 Å². The normalized spacial score (nSPS) is 20.6. The molecule has 20 heavy (non-hydrogen) atoms. The highest BCUT2D eigenvalue weighted by atomic mass is 32.1. The Kier molecular flexibility index (Phi) is 4.74. The summed E-state index contributed by atoms with van der Waals surface area (Å²) in [6.45, 7) is 0.384. The van der Waals surface area contributed by atoms with Crippen LogP contribution in [0.5, 0.6) is 5.06 Å². The quantitative estimate of drug-likeness (QED) is 0.878. The number of hydrogen-bond acceptors (Lipinski definition) is 4. The van der Waals surface area contributed by atoms with Crippen molar-refractivity contribution in [2.75, 3.05) is 19.0 Å². The minimum atomic E-state index is -2.52.